The van der Waals surface area contributed by atoms with E-state index in [1.54, 1.807) is 0 Å². The topological polar surface area (TPSA) is 32.7 Å². The lowest BCUT2D eigenvalue weighted by Crippen LogP contribution is -2.35. The molecule has 1 saturated heterocycles. The Hall–Kier alpha value is -0.420. The van der Waals surface area contributed by atoms with Gasteiger partial charge in [-0.2, -0.15) is 0 Å². The molecule has 0 aromatic heterocycles. The molecule has 1 aliphatic heterocycles. The van der Waals surface area contributed by atoms with E-state index < -0.39 is 6.10 Å². The second-order valence-electron chi connectivity index (χ2n) is 5.98. The molecule has 2 aliphatic rings. The number of ether oxygens (including phenoxy) is 1. The van der Waals surface area contributed by atoms with E-state index in [9.17, 15) is 5.11 Å². The third-order valence-electron chi connectivity index (χ3n) is 4.24. The van der Waals surface area contributed by atoms with Crippen molar-refractivity contribution in [3.63, 3.8) is 0 Å². The highest BCUT2D eigenvalue weighted by atomic mass is 79.9. The average Bonchev–Trinajstić information content (AvgIpc) is 3.17. The number of halogens is 1. The van der Waals surface area contributed by atoms with Crippen LogP contribution < -0.4 is 0 Å². The predicted octanol–water partition coefficient (Wildman–Crippen LogP) is 2.98. The first-order valence-corrected chi connectivity index (χ1v) is 8.27. The second kappa shape index (κ2) is 6.56. The Morgan fingerprint density at radius 1 is 1.25 bits per heavy atom. The zero-order valence-electron chi connectivity index (χ0n) is 11.7. The summed E-state index contributed by atoms with van der Waals surface area (Å²) >= 11 is 3.43. The van der Waals surface area contributed by atoms with Gasteiger partial charge in [0.1, 0.15) is 0 Å². The van der Waals surface area contributed by atoms with Gasteiger partial charge in [0.25, 0.3) is 0 Å². The molecule has 0 radical (unpaired) electrons. The summed E-state index contributed by atoms with van der Waals surface area (Å²) in [7, 11) is 0. The average molecular weight is 340 g/mol. The van der Waals surface area contributed by atoms with E-state index in [1.165, 1.54) is 12.8 Å². The van der Waals surface area contributed by atoms with E-state index in [0.717, 1.165) is 42.8 Å². The molecule has 0 spiro atoms. The first-order valence-electron chi connectivity index (χ1n) is 7.47. The van der Waals surface area contributed by atoms with Crippen LogP contribution in [0.3, 0.4) is 0 Å². The second-order valence-corrected chi connectivity index (χ2v) is 6.90. The van der Waals surface area contributed by atoms with Crippen LogP contribution in [0.1, 0.15) is 30.9 Å². The molecule has 1 N–H and O–H groups in total. The van der Waals surface area contributed by atoms with Crippen LogP contribution in [0.2, 0.25) is 0 Å². The van der Waals surface area contributed by atoms with Crippen molar-refractivity contribution >= 4 is 15.9 Å². The monoisotopic (exact) mass is 339 g/mol. The van der Waals surface area contributed by atoms with Crippen molar-refractivity contribution in [3.8, 4) is 0 Å². The number of aliphatic hydroxyl groups excluding tert-OH is 1. The zero-order valence-corrected chi connectivity index (χ0v) is 13.3. The lowest BCUT2D eigenvalue weighted by molar-refractivity contribution is 0.0940. The molecule has 3 nitrogen and oxygen atoms in total. The number of aliphatic hydroxyl groups is 1. The molecule has 3 rings (SSSR count). The van der Waals surface area contributed by atoms with Crippen LogP contribution in [0.25, 0.3) is 0 Å². The first kappa shape index (κ1) is 14.5. The van der Waals surface area contributed by atoms with Crippen molar-refractivity contribution < 1.29 is 9.84 Å². The number of rotatable bonds is 6. The fourth-order valence-electron chi connectivity index (χ4n) is 2.88. The quantitative estimate of drug-likeness (QED) is 0.864. The van der Waals surface area contributed by atoms with Crippen molar-refractivity contribution in [2.45, 2.75) is 31.4 Å². The molecule has 1 aromatic rings. The Balaban J connectivity index is 1.59. The predicted molar refractivity (Wildman–Crippen MR) is 82.6 cm³/mol. The van der Waals surface area contributed by atoms with Gasteiger partial charge in [-0.1, -0.05) is 28.1 Å². The highest BCUT2D eigenvalue weighted by Crippen LogP contribution is 2.31. The number of benzene rings is 1. The van der Waals surface area contributed by atoms with Crippen LogP contribution in [-0.2, 0) is 4.74 Å². The summed E-state index contributed by atoms with van der Waals surface area (Å²) < 4.78 is 6.52. The molecule has 0 bridgehead atoms. The molecule has 20 heavy (non-hydrogen) atoms. The Kier molecular flexibility index (Phi) is 4.76. The summed E-state index contributed by atoms with van der Waals surface area (Å²) in [5.41, 5.74) is 1.00. The van der Waals surface area contributed by atoms with Crippen LogP contribution in [-0.4, -0.2) is 42.4 Å². The van der Waals surface area contributed by atoms with E-state index >= 15 is 0 Å². The standard InChI is InChI=1S/C16H22BrNO2/c17-14-3-1-13(2-4-14)16(19)10-18(15-5-6-15)9-12-7-8-20-11-12/h1-4,12,15-16,19H,5-11H2/t12-,16-/m1/s1. The van der Waals surface area contributed by atoms with Gasteiger partial charge < -0.3 is 9.84 Å². The Morgan fingerprint density at radius 3 is 2.60 bits per heavy atom. The van der Waals surface area contributed by atoms with Gasteiger partial charge in [0, 0.05) is 30.2 Å². The number of hydrogen-bond acceptors (Lipinski definition) is 3. The van der Waals surface area contributed by atoms with Gasteiger partial charge in [-0.05, 0) is 42.9 Å². The van der Waals surface area contributed by atoms with Crippen molar-refractivity contribution in [1.29, 1.82) is 0 Å². The zero-order chi connectivity index (χ0) is 13.9. The Morgan fingerprint density at radius 2 is 2.00 bits per heavy atom. The summed E-state index contributed by atoms with van der Waals surface area (Å²) in [6, 6.07) is 8.66. The maximum absolute atomic E-state index is 10.4. The normalized spacial score (nSPS) is 24.2. The summed E-state index contributed by atoms with van der Waals surface area (Å²) in [6.45, 7) is 3.59. The van der Waals surface area contributed by atoms with Gasteiger partial charge in [0.05, 0.1) is 12.7 Å². The van der Waals surface area contributed by atoms with Crippen molar-refractivity contribution in [2.24, 2.45) is 5.92 Å². The molecule has 2 fully saturated rings. The molecule has 1 aromatic carbocycles. The van der Waals surface area contributed by atoms with E-state index in [-0.39, 0.29) is 0 Å². The van der Waals surface area contributed by atoms with Crippen LogP contribution in [0.4, 0.5) is 0 Å². The van der Waals surface area contributed by atoms with E-state index in [2.05, 4.69) is 20.8 Å². The summed E-state index contributed by atoms with van der Waals surface area (Å²) in [5, 5.41) is 10.4. The third kappa shape index (κ3) is 3.82. The number of hydrogen-bond donors (Lipinski definition) is 1. The van der Waals surface area contributed by atoms with E-state index in [0.29, 0.717) is 12.0 Å². The minimum atomic E-state index is -0.397. The molecule has 110 valence electrons. The molecule has 1 saturated carbocycles. The lowest BCUT2D eigenvalue weighted by atomic mass is 10.1. The largest absolute Gasteiger partial charge is 0.387 e. The van der Waals surface area contributed by atoms with Crippen molar-refractivity contribution in [2.75, 3.05) is 26.3 Å². The van der Waals surface area contributed by atoms with Gasteiger partial charge in [0.2, 0.25) is 0 Å². The molecule has 1 heterocycles. The summed E-state index contributed by atoms with van der Waals surface area (Å²) in [4.78, 5) is 2.46. The van der Waals surface area contributed by atoms with Gasteiger partial charge in [-0.25, -0.2) is 0 Å². The van der Waals surface area contributed by atoms with Gasteiger partial charge >= 0.3 is 0 Å². The maximum atomic E-state index is 10.4. The van der Waals surface area contributed by atoms with Crippen LogP contribution in [0.15, 0.2) is 28.7 Å². The van der Waals surface area contributed by atoms with E-state index in [1.807, 2.05) is 24.3 Å². The van der Waals surface area contributed by atoms with Crippen LogP contribution in [0.5, 0.6) is 0 Å². The summed E-state index contributed by atoms with van der Waals surface area (Å²) in [6.07, 6.45) is 3.32. The third-order valence-corrected chi connectivity index (χ3v) is 4.77. The molecular weight excluding hydrogens is 318 g/mol. The molecule has 4 heteroatoms. The van der Waals surface area contributed by atoms with Crippen molar-refractivity contribution in [3.05, 3.63) is 34.3 Å². The minimum absolute atomic E-state index is 0.397. The SMILES string of the molecule is O[C@H](CN(C[C@H]1CCOC1)C1CC1)c1ccc(Br)cc1. The molecule has 1 aliphatic carbocycles. The van der Waals surface area contributed by atoms with Gasteiger partial charge in [-0.15, -0.1) is 0 Å². The molecule has 0 amide bonds. The highest BCUT2D eigenvalue weighted by Gasteiger charge is 2.32. The molecular formula is C16H22BrNO2. The minimum Gasteiger partial charge on any atom is -0.387 e. The fraction of sp³-hybridized carbons (Fsp3) is 0.625. The van der Waals surface area contributed by atoms with Gasteiger partial charge in [-0.3, -0.25) is 4.90 Å². The van der Waals surface area contributed by atoms with Gasteiger partial charge in [0.15, 0.2) is 0 Å². The Bertz CT molecular complexity index is 427. The highest BCUT2D eigenvalue weighted by molar-refractivity contribution is 9.10. The van der Waals surface area contributed by atoms with Crippen molar-refractivity contribution in [1.82, 2.24) is 4.90 Å². The van der Waals surface area contributed by atoms with Crippen LogP contribution in [0, 0.1) is 5.92 Å². The molecule has 0 unspecified atom stereocenters. The van der Waals surface area contributed by atoms with E-state index in [4.69, 9.17) is 4.74 Å². The fourth-order valence-corrected chi connectivity index (χ4v) is 3.15. The summed E-state index contributed by atoms with van der Waals surface area (Å²) in [5.74, 6) is 0.646. The lowest BCUT2D eigenvalue weighted by Gasteiger charge is -2.27. The Labute approximate surface area is 129 Å². The molecule has 2 atom stereocenters. The smallest absolute Gasteiger partial charge is 0.0917 e. The van der Waals surface area contributed by atoms with Crippen LogP contribution >= 0.6 is 15.9 Å². The maximum Gasteiger partial charge on any atom is 0.0917 e. The first-order chi connectivity index (χ1) is 9.72. The number of nitrogens with zero attached hydrogens (tertiary/aromatic N) is 1.